The van der Waals surface area contributed by atoms with E-state index in [2.05, 4.69) is 23.5 Å². The van der Waals surface area contributed by atoms with E-state index in [-0.39, 0.29) is 24.3 Å². The van der Waals surface area contributed by atoms with Gasteiger partial charge in [-0.3, -0.25) is 9.59 Å². The fourth-order valence-electron chi connectivity index (χ4n) is 3.73. The van der Waals surface area contributed by atoms with Crippen molar-refractivity contribution >= 4 is 11.9 Å². The number of carboxylic acids is 1. The Kier molecular flexibility index (Phi) is 3.70. The van der Waals surface area contributed by atoms with Crippen molar-refractivity contribution in [3.8, 4) is 0 Å². The summed E-state index contributed by atoms with van der Waals surface area (Å²) < 4.78 is 0. The van der Waals surface area contributed by atoms with Crippen molar-refractivity contribution in [2.24, 2.45) is 11.8 Å². The Bertz CT molecular complexity index is 569. The molecule has 4 atom stereocenters. The van der Waals surface area contributed by atoms with Crippen LogP contribution >= 0.6 is 0 Å². The number of hydrogen-bond donors (Lipinski definition) is 2. The molecule has 0 radical (unpaired) electrons. The predicted molar refractivity (Wildman–Crippen MR) is 79.0 cm³/mol. The SMILES string of the molecule is CCC(CC(=O)O)NC(=O)C1C2CCc3ccccc3C21. The van der Waals surface area contributed by atoms with Gasteiger partial charge in [0.05, 0.1) is 6.42 Å². The van der Waals surface area contributed by atoms with E-state index >= 15 is 0 Å². The van der Waals surface area contributed by atoms with Crippen molar-refractivity contribution < 1.29 is 14.7 Å². The zero-order valence-corrected chi connectivity index (χ0v) is 12.2. The molecular weight excluding hydrogens is 266 g/mol. The highest BCUT2D eigenvalue weighted by Gasteiger charge is 2.57. The van der Waals surface area contributed by atoms with Crippen LogP contribution in [0.2, 0.25) is 0 Å². The van der Waals surface area contributed by atoms with Crippen LogP contribution in [0.3, 0.4) is 0 Å². The van der Waals surface area contributed by atoms with Crippen molar-refractivity contribution in [3.05, 3.63) is 35.4 Å². The molecule has 2 aliphatic rings. The van der Waals surface area contributed by atoms with Crippen LogP contribution in [0.5, 0.6) is 0 Å². The van der Waals surface area contributed by atoms with Gasteiger partial charge in [-0.1, -0.05) is 31.2 Å². The zero-order valence-electron chi connectivity index (χ0n) is 12.2. The van der Waals surface area contributed by atoms with E-state index in [9.17, 15) is 9.59 Å². The molecule has 1 aromatic rings. The highest BCUT2D eigenvalue weighted by atomic mass is 16.4. The van der Waals surface area contributed by atoms with Crippen molar-refractivity contribution in [3.63, 3.8) is 0 Å². The van der Waals surface area contributed by atoms with Gasteiger partial charge in [0.25, 0.3) is 0 Å². The van der Waals surface area contributed by atoms with Crippen LogP contribution in [-0.2, 0) is 16.0 Å². The maximum absolute atomic E-state index is 12.4. The molecule has 2 N–H and O–H groups in total. The smallest absolute Gasteiger partial charge is 0.305 e. The number of carboxylic acid groups (broad SMARTS) is 1. The standard InChI is InChI=1S/C17H21NO3/c1-2-11(9-14(19)20)18-17(21)16-13-8-7-10-5-3-4-6-12(10)15(13)16/h3-6,11,13,15-16H,2,7-9H2,1H3,(H,18,21)(H,19,20). The third kappa shape index (κ3) is 2.67. The van der Waals surface area contributed by atoms with E-state index in [1.807, 2.05) is 13.0 Å². The number of aryl methyl sites for hydroxylation is 1. The number of carbonyl (C=O) groups excluding carboxylic acids is 1. The highest BCUT2D eigenvalue weighted by Crippen LogP contribution is 2.59. The lowest BCUT2D eigenvalue weighted by atomic mass is 9.92. The van der Waals surface area contributed by atoms with Gasteiger partial charge in [-0.2, -0.15) is 0 Å². The number of fused-ring (bicyclic) bond motifs is 3. The van der Waals surface area contributed by atoms with Gasteiger partial charge in [0.1, 0.15) is 0 Å². The molecule has 4 heteroatoms. The number of nitrogens with one attached hydrogen (secondary N) is 1. The van der Waals surface area contributed by atoms with Gasteiger partial charge in [-0.25, -0.2) is 0 Å². The Balaban J connectivity index is 1.67. The molecule has 1 aromatic carbocycles. The summed E-state index contributed by atoms with van der Waals surface area (Å²) >= 11 is 0. The van der Waals surface area contributed by atoms with Crippen molar-refractivity contribution in [1.82, 2.24) is 5.32 Å². The minimum absolute atomic E-state index is 0.000873. The first-order chi connectivity index (χ1) is 10.1. The average Bonchev–Trinajstić information content (AvgIpc) is 3.21. The Morgan fingerprint density at radius 2 is 2.14 bits per heavy atom. The second kappa shape index (κ2) is 5.51. The van der Waals surface area contributed by atoms with Crippen molar-refractivity contribution in [1.29, 1.82) is 0 Å². The van der Waals surface area contributed by atoms with Gasteiger partial charge in [0.15, 0.2) is 0 Å². The van der Waals surface area contributed by atoms with Gasteiger partial charge in [-0.15, -0.1) is 0 Å². The summed E-state index contributed by atoms with van der Waals surface area (Å²) in [6.45, 7) is 1.91. The minimum atomic E-state index is -0.860. The van der Waals surface area contributed by atoms with E-state index in [4.69, 9.17) is 5.11 Å². The first-order valence-corrected chi connectivity index (χ1v) is 7.71. The summed E-state index contributed by atoms with van der Waals surface area (Å²) in [5.74, 6) is 0.00604. The summed E-state index contributed by atoms with van der Waals surface area (Å²) in [6, 6.07) is 8.11. The number of rotatable bonds is 5. The first-order valence-electron chi connectivity index (χ1n) is 7.71. The minimum Gasteiger partial charge on any atom is -0.481 e. The highest BCUT2D eigenvalue weighted by molar-refractivity contribution is 5.84. The molecule has 0 aliphatic heterocycles. The summed E-state index contributed by atoms with van der Waals surface area (Å²) in [4.78, 5) is 23.2. The third-order valence-corrected chi connectivity index (χ3v) is 4.89. The van der Waals surface area contributed by atoms with Gasteiger partial charge in [-0.05, 0) is 42.2 Å². The van der Waals surface area contributed by atoms with Gasteiger partial charge < -0.3 is 10.4 Å². The molecule has 112 valence electrons. The molecule has 3 rings (SSSR count). The molecule has 1 fully saturated rings. The van der Waals surface area contributed by atoms with E-state index in [0.717, 1.165) is 12.8 Å². The average molecular weight is 287 g/mol. The fraction of sp³-hybridized carbons (Fsp3) is 0.529. The predicted octanol–water partition coefficient (Wildman–Crippen LogP) is 2.33. The zero-order chi connectivity index (χ0) is 15.0. The maximum atomic E-state index is 12.4. The molecule has 0 saturated heterocycles. The molecule has 4 unspecified atom stereocenters. The molecule has 1 saturated carbocycles. The fourth-order valence-corrected chi connectivity index (χ4v) is 3.73. The molecule has 1 amide bonds. The van der Waals surface area contributed by atoms with Crippen LogP contribution in [0.25, 0.3) is 0 Å². The summed E-state index contributed by atoms with van der Waals surface area (Å²) in [6.07, 6.45) is 2.76. The monoisotopic (exact) mass is 287 g/mol. The Hall–Kier alpha value is -1.84. The van der Waals surface area contributed by atoms with E-state index in [1.165, 1.54) is 11.1 Å². The van der Waals surface area contributed by atoms with Gasteiger partial charge in [0.2, 0.25) is 5.91 Å². The number of amides is 1. The van der Waals surface area contributed by atoms with Crippen LogP contribution in [0.4, 0.5) is 0 Å². The first kappa shape index (κ1) is 14.1. The molecule has 21 heavy (non-hydrogen) atoms. The summed E-state index contributed by atoms with van der Waals surface area (Å²) in [7, 11) is 0. The lowest BCUT2D eigenvalue weighted by Gasteiger charge is -2.15. The Labute approximate surface area is 124 Å². The number of hydrogen-bond acceptors (Lipinski definition) is 2. The second-order valence-corrected chi connectivity index (χ2v) is 6.16. The number of benzene rings is 1. The van der Waals surface area contributed by atoms with Crippen LogP contribution in [0.1, 0.15) is 43.2 Å². The van der Waals surface area contributed by atoms with E-state index in [0.29, 0.717) is 18.3 Å². The Morgan fingerprint density at radius 1 is 1.38 bits per heavy atom. The lowest BCUT2D eigenvalue weighted by Crippen LogP contribution is -2.37. The van der Waals surface area contributed by atoms with Gasteiger partial charge >= 0.3 is 5.97 Å². The molecular formula is C17H21NO3. The quantitative estimate of drug-likeness (QED) is 0.873. The summed E-state index contributed by atoms with van der Waals surface area (Å²) in [5, 5.41) is 11.8. The molecule has 0 bridgehead atoms. The normalized spacial score (nSPS) is 27.2. The van der Waals surface area contributed by atoms with Crippen LogP contribution in [0, 0.1) is 11.8 Å². The number of aliphatic carboxylic acids is 1. The van der Waals surface area contributed by atoms with Crippen molar-refractivity contribution in [2.45, 2.75) is 44.6 Å². The van der Waals surface area contributed by atoms with Crippen LogP contribution in [0.15, 0.2) is 24.3 Å². The lowest BCUT2D eigenvalue weighted by molar-refractivity contribution is -0.137. The van der Waals surface area contributed by atoms with Crippen LogP contribution in [-0.4, -0.2) is 23.0 Å². The number of carbonyl (C=O) groups is 2. The Morgan fingerprint density at radius 3 is 2.86 bits per heavy atom. The van der Waals surface area contributed by atoms with E-state index < -0.39 is 5.97 Å². The molecule has 0 spiro atoms. The third-order valence-electron chi connectivity index (χ3n) is 4.89. The molecule has 0 aromatic heterocycles. The topological polar surface area (TPSA) is 66.4 Å². The largest absolute Gasteiger partial charge is 0.481 e. The molecule has 4 nitrogen and oxygen atoms in total. The molecule has 2 aliphatic carbocycles. The second-order valence-electron chi connectivity index (χ2n) is 6.16. The summed E-state index contributed by atoms with van der Waals surface area (Å²) in [5.41, 5.74) is 2.69. The molecule has 0 heterocycles. The van der Waals surface area contributed by atoms with Crippen molar-refractivity contribution in [2.75, 3.05) is 0 Å². The van der Waals surface area contributed by atoms with E-state index in [1.54, 1.807) is 0 Å². The van der Waals surface area contributed by atoms with Gasteiger partial charge in [0, 0.05) is 12.0 Å². The van der Waals surface area contributed by atoms with Crippen LogP contribution < -0.4 is 5.32 Å². The maximum Gasteiger partial charge on any atom is 0.305 e.